The number of benzene rings is 2. The van der Waals surface area contributed by atoms with E-state index in [9.17, 15) is 22.8 Å². The van der Waals surface area contributed by atoms with Crippen LogP contribution in [0.5, 0.6) is 0 Å². The summed E-state index contributed by atoms with van der Waals surface area (Å²) in [5, 5.41) is 3.20. The summed E-state index contributed by atoms with van der Waals surface area (Å²) in [5.41, 5.74) is 0.356. The van der Waals surface area contributed by atoms with Crippen LogP contribution < -0.4 is 10.9 Å². The van der Waals surface area contributed by atoms with Crippen LogP contribution in [-0.4, -0.2) is 28.9 Å². The lowest BCUT2D eigenvalue weighted by molar-refractivity contribution is 0.0885. The zero-order valence-electron chi connectivity index (χ0n) is 15.3. The quantitative estimate of drug-likeness (QED) is 0.593. The molecule has 2 N–H and O–H groups in total. The van der Waals surface area contributed by atoms with E-state index in [2.05, 4.69) is 10.3 Å². The molecule has 29 heavy (non-hydrogen) atoms. The van der Waals surface area contributed by atoms with E-state index in [1.54, 1.807) is 31.2 Å². The van der Waals surface area contributed by atoms with E-state index in [-0.39, 0.29) is 16.3 Å². The van der Waals surface area contributed by atoms with Gasteiger partial charge in [0.2, 0.25) is 0 Å². The molecule has 1 atom stereocenters. The minimum atomic E-state index is -2.78. The Hall–Kier alpha value is -3.00. The van der Waals surface area contributed by atoms with Crippen LogP contribution >= 0.6 is 11.6 Å². The van der Waals surface area contributed by atoms with Crippen molar-refractivity contribution in [1.29, 1.82) is 0 Å². The first-order valence-electron chi connectivity index (χ1n) is 8.69. The number of anilines is 1. The number of carbonyl (C=O) groups is 1. The summed E-state index contributed by atoms with van der Waals surface area (Å²) < 4.78 is 39.7. The number of hydrogen-bond acceptors (Lipinski definition) is 2. The predicted octanol–water partition coefficient (Wildman–Crippen LogP) is 5.18. The van der Waals surface area contributed by atoms with Crippen molar-refractivity contribution < 1.29 is 18.0 Å². The van der Waals surface area contributed by atoms with Gasteiger partial charge in [-0.25, -0.2) is 18.0 Å². The molecule has 152 valence electrons. The zero-order chi connectivity index (χ0) is 21.1. The molecule has 3 aromatic rings. The summed E-state index contributed by atoms with van der Waals surface area (Å²) in [6.45, 7) is 0.745. The van der Waals surface area contributed by atoms with Crippen molar-refractivity contribution in [1.82, 2.24) is 9.88 Å². The van der Waals surface area contributed by atoms with Gasteiger partial charge in [-0.15, -0.1) is 0 Å². The molecule has 0 aliphatic heterocycles. The number of aromatic amines is 1. The molecule has 5 nitrogen and oxygen atoms in total. The van der Waals surface area contributed by atoms with E-state index < -0.39 is 30.9 Å². The molecule has 1 heterocycles. The van der Waals surface area contributed by atoms with Crippen molar-refractivity contribution in [3.8, 4) is 0 Å². The van der Waals surface area contributed by atoms with Crippen molar-refractivity contribution in [2.45, 2.75) is 19.4 Å². The van der Waals surface area contributed by atoms with Crippen molar-refractivity contribution in [2.24, 2.45) is 0 Å². The number of H-pyrrole nitrogens is 1. The molecule has 9 heteroatoms. The number of pyridine rings is 1. The van der Waals surface area contributed by atoms with Gasteiger partial charge in [0, 0.05) is 17.3 Å². The van der Waals surface area contributed by atoms with Crippen LogP contribution in [0.2, 0.25) is 5.02 Å². The van der Waals surface area contributed by atoms with Gasteiger partial charge in [0.1, 0.15) is 5.82 Å². The average molecular weight is 424 g/mol. The van der Waals surface area contributed by atoms with Gasteiger partial charge in [-0.3, -0.25) is 4.79 Å². The normalized spacial score (nSPS) is 12.2. The Morgan fingerprint density at radius 1 is 1.21 bits per heavy atom. The third-order valence-electron chi connectivity index (χ3n) is 4.53. The molecule has 0 aliphatic rings. The number of hydrogen-bond donors (Lipinski definition) is 2. The highest BCUT2D eigenvalue weighted by Crippen LogP contribution is 2.28. The van der Waals surface area contributed by atoms with Gasteiger partial charge < -0.3 is 15.2 Å². The van der Waals surface area contributed by atoms with Crippen LogP contribution in [0.15, 0.2) is 53.5 Å². The van der Waals surface area contributed by atoms with Gasteiger partial charge in [-0.05, 0) is 42.1 Å². The molecule has 2 amide bonds. The fourth-order valence-electron chi connectivity index (χ4n) is 3.08. The second-order valence-electron chi connectivity index (χ2n) is 6.40. The lowest BCUT2D eigenvalue weighted by atomic mass is 10.0. The van der Waals surface area contributed by atoms with Gasteiger partial charge >= 0.3 is 6.03 Å². The second kappa shape index (κ2) is 8.57. The standard InChI is InChI=1S/C20H17ClF3N3O2/c1-11(15-9-25-19(28)14-5-3-2-4-13(14)15)27(10-18(23)24)20(29)26-12-6-7-17(22)16(21)8-12/h2-9,11,18H,10H2,1H3,(H,25,28)(H,26,29)/t11-/m1/s1. The van der Waals surface area contributed by atoms with Crippen LogP contribution in [0.1, 0.15) is 18.5 Å². The molecule has 0 spiro atoms. The third-order valence-corrected chi connectivity index (χ3v) is 4.82. The highest BCUT2D eigenvalue weighted by atomic mass is 35.5. The predicted molar refractivity (Wildman–Crippen MR) is 106 cm³/mol. The van der Waals surface area contributed by atoms with Crippen LogP contribution in [0.25, 0.3) is 10.8 Å². The van der Waals surface area contributed by atoms with E-state index in [0.29, 0.717) is 16.3 Å². The Kier molecular flexibility index (Phi) is 6.12. The molecule has 0 aliphatic carbocycles. The number of carbonyl (C=O) groups excluding carboxylic acids is 1. The number of urea groups is 1. The van der Waals surface area contributed by atoms with Gasteiger partial charge in [0.25, 0.3) is 12.0 Å². The Bertz CT molecular complexity index is 1100. The van der Waals surface area contributed by atoms with Crippen molar-refractivity contribution in [3.63, 3.8) is 0 Å². The van der Waals surface area contributed by atoms with E-state index in [0.717, 1.165) is 11.0 Å². The molecule has 2 aromatic carbocycles. The second-order valence-corrected chi connectivity index (χ2v) is 6.80. The lowest BCUT2D eigenvalue weighted by Gasteiger charge is -2.30. The van der Waals surface area contributed by atoms with Gasteiger partial charge in [0.15, 0.2) is 0 Å². The topological polar surface area (TPSA) is 65.2 Å². The number of nitrogens with zero attached hydrogens (tertiary/aromatic N) is 1. The number of nitrogens with one attached hydrogen (secondary N) is 2. The third kappa shape index (κ3) is 4.54. The molecular formula is C20H17ClF3N3O2. The Morgan fingerprint density at radius 3 is 2.55 bits per heavy atom. The van der Waals surface area contributed by atoms with Crippen LogP contribution in [0.3, 0.4) is 0 Å². The molecule has 0 saturated carbocycles. The maximum atomic E-state index is 13.3. The largest absolute Gasteiger partial charge is 0.328 e. The fraction of sp³-hybridized carbons (Fsp3) is 0.200. The maximum absolute atomic E-state index is 13.3. The lowest BCUT2D eigenvalue weighted by Crippen LogP contribution is -2.40. The molecule has 3 rings (SSSR count). The molecule has 0 unspecified atom stereocenters. The molecular weight excluding hydrogens is 407 g/mol. The van der Waals surface area contributed by atoms with Gasteiger partial charge in [-0.1, -0.05) is 29.8 Å². The molecule has 1 aromatic heterocycles. The molecule has 0 saturated heterocycles. The van der Waals surface area contributed by atoms with Crippen molar-refractivity contribution >= 4 is 34.1 Å². The highest BCUT2D eigenvalue weighted by molar-refractivity contribution is 6.31. The minimum absolute atomic E-state index is 0.166. The van der Waals surface area contributed by atoms with Crippen molar-refractivity contribution in [3.05, 3.63) is 75.4 Å². The summed E-state index contributed by atoms with van der Waals surface area (Å²) in [4.78, 5) is 28.3. The van der Waals surface area contributed by atoms with Crippen LogP contribution in [0, 0.1) is 5.82 Å². The first kappa shape index (κ1) is 20.7. The number of halogens is 4. The maximum Gasteiger partial charge on any atom is 0.322 e. The number of fused-ring (bicyclic) bond motifs is 1. The van der Waals surface area contributed by atoms with Crippen molar-refractivity contribution in [2.75, 3.05) is 11.9 Å². The number of alkyl halides is 2. The van der Waals surface area contributed by atoms with Gasteiger partial charge in [0.05, 0.1) is 17.6 Å². The minimum Gasteiger partial charge on any atom is -0.328 e. The van der Waals surface area contributed by atoms with Crippen LogP contribution in [-0.2, 0) is 0 Å². The first-order chi connectivity index (χ1) is 13.8. The Labute approximate surface area is 169 Å². The Balaban J connectivity index is 1.96. The summed E-state index contributed by atoms with van der Waals surface area (Å²) in [6, 6.07) is 8.64. The summed E-state index contributed by atoms with van der Waals surface area (Å²) in [6.07, 6.45) is -1.37. The van der Waals surface area contributed by atoms with E-state index in [1.165, 1.54) is 18.3 Å². The fourth-order valence-corrected chi connectivity index (χ4v) is 3.26. The number of aromatic nitrogens is 1. The molecule has 0 radical (unpaired) electrons. The summed E-state index contributed by atoms with van der Waals surface area (Å²) >= 11 is 5.71. The van der Waals surface area contributed by atoms with Crippen LogP contribution in [0.4, 0.5) is 23.7 Å². The number of rotatable bonds is 5. The highest BCUT2D eigenvalue weighted by Gasteiger charge is 2.26. The van der Waals surface area contributed by atoms with E-state index in [4.69, 9.17) is 11.6 Å². The zero-order valence-corrected chi connectivity index (χ0v) is 16.0. The summed E-state index contributed by atoms with van der Waals surface area (Å²) in [7, 11) is 0. The number of amides is 2. The molecule has 0 fully saturated rings. The average Bonchev–Trinajstić information content (AvgIpc) is 2.69. The Morgan fingerprint density at radius 2 is 1.90 bits per heavy atom. The van der Waals surface area contributed by atoms with E-state index in [1.807, 2.05) is 0 Å². The van der Waals surface area contributed by atoms with E-state index >= 15 is 0 Å². The van der Waals surface area contributed by atoms with Gasteiger partial charge in [-0.2, -0.15) is 0 Å². The summed E-state index contributed by atoms with van der Waals surface area (Å²) in [5.74, 6) is -0.665. The first-order valence-corrected chi connectivity index (χ1v) is 9.07. The monoisotopic (exact) mass is 423 g/mol. The molecule has 0 bridgehead atoms. The smallest absolute Gasteiger partial charge is 0.322 e. The SMILES string of the molecule is C[C@H](c1c[nH]c(=O)c2ccccc12)N(CC(F)F)C(=O)Nc1ccc(F)c(Cl)c1.